The number of hydrogen-bond acceptors (Lipinski definition) is 6. The van der Waals surface area contributed by atoms with E-state index in [0.29, 0.717) is 21.9 Å². The average molecular weight is 430 g/mol. The Hall–Kier alpha value is -2.80. The van der Waals surface area contributed by atoms with E-state index in [1.807, 2.05) is 0 Å². The molecule has 0 aliphatic rings. The van der Waals surface area contributed by atoms with Crippen LogP contribution in [-0.2, 0) is 14.3 Å². The number of benzene rings is 2. The highest BCUT2D eigenvalue weighted by atomic mass is 32.2. The van der Waals surface area contributed by atoms with Gasteiger partial charge in [-0.1, -0.05) is 32.9 Å². The zero-order chi connectivity index (χ0) is 22.3. The van der Waals surface area contributed by atoms with Crippen LogP contribution in [0, 0.1) is 5.41 Å². The first-order valence-electron chi connectivity index (χ1n) is 9.53. The SMILES string of the molecule is COc1ccc(NC(=O)C(C)Sc2ccccc2C(=O)OCC(=O)C(C)(C)C)cc1. The van der Waals surface area contributed by atoms with Gasteiger partial charge < -0.3 is 14.8 Å². The smallest absolute Gasteiger partial charge is 0.339 e. The molecule has 30 heavy (non-hydrogen) atoms. The molecule has 0 aliphatic carbocycles. The van der Waals surface area contributed by atoms with E-state index in [1.165, 1.54) is 11.8 Å². The first-order valence-corrected chi connectivity index (χ1v) is 10.4. The number of Topliss-reactive ketones (excluding diaryl/α,β-unsaturated/α-hetero) is 1. The lowest BCUT2D eigenvalue weighted by molar-refractivity contribution is -0.129. The molecule has 160 valence electrons. The molecule has 6 nitrogen and oxygen atoms in total. The summed E-state index contributed by atoms with van der Waals surface area (Å²) < 4.78 is 10.3. The molecule has 0 aromatic heterocycles. The van der Waals surface area contributed by atoms with Crippen LogP contribution in [0.4, 0.5) is 5.69 Å². The summed E-state index contributed by atoms with van der Waals surface area (Å²) in [7, 11) is 1.58. The fourth-order valence-corrected chi connectivity index (χ4v) is 3.31. The zero-order valence-corrected chi connectivity index (χ0v) is 18.7. The Balaban J connectivity index is 2.02. The number of rotatable bonds is 8. The van der Waals surface area contributed by atoms with E-state index in [9.17, 15) is 14.4 Å². The number of ether oxygens (including phenoxy) is 2. The molecule has 0 spiro atoms. The quantitative estimate of drug-likeness (QED) is 0.488. The molecule has 1 atom stereocenters. The Kier molecular flexibility index (Phi) is 8.06. The third-order valence-corrected chi connectivity index (χ3v) is 5.49. The minimum absolute atomic E-state index is 0.159. The molecule has 2 aromatic carbocycles. The number of ketones is 1. The second-order valence-electron chi connectivity index (χ2n) is 7.72. The summed E-state index contributed by atoms with van der Waals surface area (Å²) in [6, 6.07) is 13.9. The number of hydrogen-bond donors (Lipinski definition) is 1. The highest BCUT2D eigenvalue weighted by molar-refractivity contribution is 8.00. The minimum atomic E-state index is -0.585. The largest absolute Gasteiger partial charge is 0.497 e. The average Bonchev–Trinajstić information content (AvgIpc) is 2.71. The van der Waals surface area contributed by atoms with Crippen LogP contribution in [0.2, 0.25) is 0 Å². The molecule has 0 bridgehead atoms. The number of carbonyl (C=O) groups excluding carboxylic acids is 3. The van der Waals surface area contributed by atoms with E-state index in [-0.39, 0.29) is 18.3 Å². The van der Waals surface area contributed by atoms with E-state index in [0.717, 1.165) is 0 Å². The summed E-state index contributed by atoms with van der Waals surface area (Å²) in [5.41, 5.74) is 0.401. The molecule has 1 N–H and O–H groups in total. The topological polar surface area (TPSA) is 81.7 Å². The van der Waals surface area contributed by atoms with Gasteiger partial charge in [-0.25, -0.2) is 4.79 Å². The fourth-order valence-electron chi connectivity index (χ4n) is 2.33. The Morgan fingerprint density at radius 3 is 2.27 bits per heavy atom. The van der Waals surface area contributed by atoms with Crippen molar-refractivity contribution in [1.82, 2.24) is 0 Å². The fraction of sp³-hybridized carbons (Fsp3) is 0.348. The van der Waals surface area contributed by atoms with Crippen LogP contribution in [0.25, 0.3) is 0 Å². The lowest BCUT2D eigenvalue weighted by Gasteiger charge is -2.17. The van der Waals surface area contributed by atoms with Gasteiger partial charge in [0.05, 0.1) is 17.9 Å². The number of anilines is 1. The van der Waals surface area contributed by atoms with Crippen molar-refractivity contribution < 1.29 is 23.9 Å². The Labute approximate surface area is 181 Å². The van der Waals surface area contributed by atoms with E-state index in [4.69, 9.17) is 9.47 Å². The van der Waals surface area contributed by atoms with Crippen LogP contribution in [0.5, 0.6) is 5.75 Å². The van der Waals surface area contributed by atoms with Gasteiger partial charge in [-0.2, -0.15) is 0 Å². The van der Waals surface area contributed by atoms with Crippen molar-refractivity contribution >= 4 is 35.1 Å². The van der Waals surface area contributed by atoms with Crippen molar-refractivity contribution in [2.24, 2.45) is 5.41 Å². The van der Waals surface area contributed by atoms with Gasteiger partial charge in [-0.15, -0.1) is 11.8 Å². The summed E-state index contributed by atoms with van der Waals surface area (Å²) in [5.74, 6) is -0.240. The molecule has 1 amide bonds. The molecular weight excluding hydrogens is 402 g/mol. The highest BCUT2D eigenvalue weighted by Gasteiger charge is 2.24. The van der Waals surface area contributed by atoms with Gasteiger partial charge in [0.2, 0.25) is 5.91 Å². The molecular formula is C23H27NO5S. The zero-order valence-electron chi connectivity index (χ0n) is 17.9. The Morgan fingerprint density at radius 1 is 1.03 bits per heavy atom. The van der Waals surface area contributed by atoms with Gasteiger partial charge in [0.25, 0.3) is 0 Å². The summed E-state index contributed by atoms with van der Waals surface area (Å²) in [6.07, 6.45) is 0. The van der Waals surface area contributed by atoms with Crippen molar-refractivity contribution in [3.05, 3.63) is 54.1 Å². The predicted molar refractivity (Wildman–Crippen MR) is 118 cm³/mol. The second-order valence-corrected chi connectivity index (χ2v) is 9.11. The van der Waals surface area contributed by atoms with Crippen LogP contribution in [0.3, 0.4) is 0 Å². The summed E-state index contributed by atoms with van der Waals surface area (Å²) in [5, 5.41) is 2.38. The molecule has 7 heteroatoms. The van der Waals surface area contributed by atoms with Crippen molar-refractivity contribution in [3.8, 4) is 5.75 Å². The lowest BCUT2D eigenvalue weighted by Crippen LogP contribution is -2.26. The number of methoxy groups -OCH3 is 1. The molecule has 0 saturated carbocycles. The van der Waals surface area contributed by atoms with Gasteiger partial charge in [0.1, 0.15) is 5.75 Å². The van der Waals surface area contributed by atoms with Crippen molar-refractivity contribution in [2.45, 2.75) is 37.8 Å². The van der Waals surface area contributed by atoms with Crippen LogP contribution < -0.4 is 10.1 Å². The van der Waals surface area contributed by atoms with E-state index in [2.05, 4.69) is 5.32 Å². The summed E-state index contributed by atoms with van der Waals surface area (Å²) >= 11 is 1.25. The van der Waals surface area contributed by atoms with Crippen LogP contribution in [0.1, 0.15) is 38.1 Å². The molecule has 0 heterocycles. The van der Waals surface area contributed by atoms with Gasteiger partial charge in [0, 0.05) is 16.0 Å². The Morgan fingerprint density at radius 2 is 1.67 bits per heavy atom. The molecule has 2 aromatic rings. The van der Waals surface area contributed by atoms with Crippen molar-refractivity contribution in [3.63, 3.8) is 0 Å². The molecule has 1 unspecified atom stereocenters. The molecule has 2 rings (SSSR count). The van der Waals surface area contributed by atoms with E-state index >= 15 is 0 Å². The van der Waals surface area contributed by atoms with Gasteiger partial charge in [-0.05, 0) is 43.3 Å². The predicted octanol–water partition coefficient (Wildman–Crippen LogP) is 4.59. The normalized spacial score (nSPS) is 12.0. The number of nitrogens with one attached hydrogen (secondary N) is 1. The molecule has 0 fully saturated rings. The lowest BCUT2D eigenvalue weighted by atomic mass is 9.91. The maximum Gasteiger partial charge on any atom is 0.339 e. The number of carbonyl (C=O) groups is 3. The monoisotopic (exact) mass is 429 g/mol. The molecule has 0 aliphatic heterocycles. The van der Waals surface area contributed by atoms with Gasteiger partial charge in [-0.3, -0.25) is 9.59 Å². The van der Waals surface area contributed by atoms with E-state index in [1.54, 1.807) is 83.3 Å². The van der Waals surface area contributed by atoms with Gasteiger partial charge in [0.15, 0.2) is 12.4 Å². The third kappa shape index (κ3) is 6.62. The second kappa shape index (κ2) is 10.3. The number of amides is 1. The first-order chi connectivity index (χ1) is 14.1. The van der Waals surface area contributed by atoms with E-state index < -0.39 is 16.6 Å². The maximum absolute atomic E-state index is 12.6. The summed E-state index contributed by atoms with van der Waals surface area (Å²) in [4.78, 5) is 37.7. The first kappa shape index (κ1) is 23.5. The Bertz CT molecular complexity index is 903. The maximum atomic E-state index is 12.6. The van der Waals surface area contributed by atoms with Crippen molar-refractivity contribution in [1.29, 1.82) is 0 Å². The van der Waals surface area contributed by atoms with Gasteiger partial charge >= 0.3 is 5.97 Å². The van der Waals surface area contributed by atoms with Crippen LogP contribution >= 0.6 is 11.8 Å². The highest BCUT2D eigenvalue weighted by Crippen LogP contribution is 2.28. The standard InChI is InChI=1S/C23H27NO5S/c1-15(21(26)24-16-10-12-17(28-5)13-11-16)30-19-9-7-6-8-18(19)22(27)29-14-20(25)23(2,3)4/h6-13,15H,14H2,1-5H3,(H,24,26). The van der Waals surface area contributed by atoms with Crippen molar-refractivity contribution in [2.75, 3.05) is 19.0 Å². The number of thioether (sulfide) groups is 1. The minimum Gasteiger partial charge on any atom is -0.497 e. The van der Waals surface area contributed by atoms with Crippen LogP contribution in [0.15, 0.2) is 53.4 Å². The number of esters is 1. The summed E-state index contributed by atoms with van der Waals surface area (Å²) in [6.45, 7) is 6.80. The molecule has 0 radical (unpaired) electrons. The molecule has 0 saturated heterocycles. The van der Waals surface area contributed by atoms with Crippen LogP contribution in [-0.4, -0.2) is 36.6 Å². The third-order valence-electron chi connectivity index (χ3n) is 4.31.